The highest BCUT2D eigenvalue weighted by Crippen LogP contribution is 2.10. The van der Waals surface area contributed by atoms with E-state index in [1.807, 2.05) is 19.1 Å². The van der Waals surface area contributed by atoms with E-state index in [1.54, 1.807) is 26.2 Å². The number of amides is 1. The predicted molar refractivity (Wildman–Crippen MR) is 68.3 cm³/mol. The van der Waals surface area contributed by atoms with Gasteiger partial charge in [-0.2, -0.15) is 0 Å². The summed E-state index contributed by atoms with van der Waals surface area (Å²) >= 11 is 5.78. The molecule has 5 heteroatoms. The number of carbonyl (C=O) groups is 1. The summed E-state index contributed by atoms with van der Waals surface area (Å²) < 4.78 is 0. The van der Waals surface area contributed by atoms with Crippen LogP contribution in [0.4, 0.5) is 0 Å². The fourth-order valence-corrected chi connectivity index (χ4v) is 1.18. The molecule has 0 aliphatic heterocycles. The van der Waals surface area contributed by atoms with Crippen LogP contribution < -0.4 is 0 Å². The molecule has 0 saturated heterocycles. The van der Waals surface area contributed by atoms with Crippen LogP contribution >= 0.6 is 11.6 Å². The minimum absolute atomic E-state index is 0.0576. The van der Waals surface area contributed by atoms with Crippen molar-refractivity contribution in [1.29, 1.82) is 0 Å². The Morgan fingerprint density at radius 3 is 2.47 bits per heavy atom. The number of oxime groups is 1. The zero-order valence-corrected chi connectivity index (χ0v) is 10.9. The van der Waals surface area contributed by atoms with Gasteiger partial charge in [0.25, 0.3) is 5.91 Å². The maximum Gasteiger partial charge on any atom is 0.262 e. The fraction of sp³-hybridized carbons (Fsp3) is 0.333. The van der Waals surface area contributed by atoms with Crippen molar-refractivity contribution >= 4 is 23.2 Å². The molecule has 0 heterocycles. The van der Waals surface area contributed by atoms with Gasteiger partial charge in [0.2, 0.25) is 0 Å². The lowest BCUT2D eigenvalue weighted by Crippen LogP contribution is -2.25. The Kier molecular flexibility index (Phi) is 4.97. The van der Waals surface area contributed by atoms with Crippen LogP contribution in [-0.2, 0) is 9.63 Å². The van der Waals surface area contributed by atoms with Crippen LogP contribution in [0, 0.1) is 0 Å². The van der Waals surface area contributed by atoms with E-state index in [0.717, 1.165) is 5.56 Å². The quantitative estimate of drug-likeness (QED) is 0.610. The van der Waals surface area contributed by atoms with Crippen molar-refractivity contribution in [3.8, 4) is 0 Å². The molecule has 1 aromatic carbocycles. The molecule has 0 aliphatic rings. The number of halogens is 1. The summed E-state index contributed by atoms with van der Waals surface area (Å²) in [5, 5.41) is 4.54. The van der Waals surface area contributed by atoms with Crippen LogP contribution in [0.2, 0.25) is 5.02 Å². The van der Waals surface area contributed by atoms with Crippen molar-refractivity contribution in [3.63, 3.8) is 0 Å². The van der Waals surface area contributed by atoms with Crippen molar-refractivity contribution in [2.45, 2.75) is 6.92 Å². The zero-order chi connectivity index (χ0) is 12.8. The first-order valence-electron chi connectivity index (χ1n) is 5.13. The van der Waals surface area contributed by atoms with Crippen molar-refractivity contribution < 1.29 is 9.63 Å². The molecule has 0 spiro atoms. The van der Waals surface area contributed by atoms with Gasteiger partial charge in [0, 0.05) is 19.1 Å². The SMILES string of the molecule is CC(=NOCC(=O)N(C)C)c1ccc(Cl)cc1. The number of likely N-dealkylation sites (N-methyl/N-ethyl adjacent to an activating group) is 1. The molecule has 0 aliphatic carbocycles. The Bertz CT molecular complexity index is 413. The van der Waals surface area contributed by atoms with Gasteiger partial charge in [-0.1, -0.05) is 28.9 Å². The third kappa shape index (κ3) is 4.44. The van der Waals surface area contributed by atoms with E-state index >= 15 is 0 Å². The second kappa shape index (κ2) is 6.25. The molecule has 0 atom stereocenters. The van der Waals surface area contributed by atoms with Crippen molar-refractivity contribution in [3.05, 3.63) is 34.9 Å². The number of nitrogens with zero attached hydrogens (tertiary/aromatic N) is 2. The Labute approximate surface area is 106 Å². The molecule has 4 nitrogen and oxygen atoms in total. The van der Waals surface area contributed by atoms with E-state index in [1.165, 1.54) is 4.90 Å². The first-order valence-corrected chi connectivity index (χ1v) is 5.51. The lowest BCUT2D eigenvalue weighted by molar-refractivity contribution is -0.133. The monoisotopic (exact) mass is 254 g/mol. The summed E-state index contributed by atoms with van der Waals surface area (Å²) in [5.74, 6) is -0.127. The highest BCUT2D eigenvalue weighted by Gasteiger charge is 2.04. The van der Waals surface area contributed by atoms with Gasteiger partial charge in [0.15, 0.2) is 6.61 Å². The van der Waals surface area contributed by atoms with Crippen LogP contribution in [0.3, 0.4) is 0 Å². The van der Waals surface area contributed by atoms with Crippen LogP contribution in [0.25, 0.3) is 0 Å². The molecular weight excluding hydrogens is 240 g/mol. The first kappa shape index (κ1) is 13.5. The molecule has 0 fully saturated rings. The number of carbonyl (C=O) groups excluding carboxylic acids is 1. The summed E-state index contributed by atoms with van der Waals surface area (Å²) in [7, 11) is 3.34. The van der Waals surface area contributed by atoms with E-state index in [9.17, 15) is 4.79 Å². The minimum atomic E-state index is -0.127. The highest BCUT2D eigenvalue weighted by molar-refractivity contribution is 6.30. The first-order chi connectivity index (χ1) is 8.00. The second-order valence-electron chi connectivity index (χ2n) is 3.75. The smallest absolute Gasteiger partial charge is 0.262 e. The Morgan fingerprint density at radius 1 is 1.35 bits per heavy atom. The van der Waals surface area contributed by atoms with Gasteiger partial charge in [0.1, 0.15) is 0 Å². The Balaban J connectivity index is 2.55. The Hall–Kier alpha value is -1.55. The van der Waals surface area contributed by atoms with E-state index < -0.39 is 0 Å². The molecule has 0 N–H and O–H groups in total. The lowest BCUT2D eigenvalue weighted by atomic mass is 10.1. The van der Waals surface area contributed by atoms with E-state index in [4.69, 9.17) is 16.4 Å². The molecule has 0 bridgehead atoms. The van der Waals surface area contributed by atoms with Gasteiger partial charge in [-0.05, 0) is 24.6 Å². The fourth-order valence-electron chi connectivity index (χ4n) is 1.06. The Morgan fingerprint density at radius 2 is 1.94 bits per heavy atom. The summed E-state index contributed by atoms with van der Waals surface area (Å²) in [6.45, 7) is 1.75. The van der Waals surface area contributed by atoms with Gasteiger partial charge in [-0.15, -0.1) is 0 Å². The summed E-state index contributed by atoms with van der Waals surface area (Å²) in [6, 6.07) is 7.25. The summed E-state index contributed by atoms with van der Waals surface area (Å²) in [6.07, 6.45) is 0. The number of hydrogen-bond acceptors (Lipinski definition) is 3. The van der Waals surface area contributed by atoms with Gasteiger partial charge < -0.3 is 9.74 Å². The molecule has 1 amide bonds. The molecule has 0 aromatic heterocycles. The third-order valence-corrected chi connectivity index (χ3v) is 2.40. The highest BCUT2D eigenvalue weighted by atomic mass is 35.5. The summed E-state index contributed by atoms with van der Waals surface area (Å²) in [4.78, 5) is 17.6. The molecule has 17 heavy (non-hydrogen) atoms. The van der Waals surface area contributed by atoms with Crippen molar-refractivity contribution in [2.24, 2.45) is 5.16 Å². The molecule has 1 aromatic rings. The molecule has 0 radical (unpaired) electrons. The van der Waals surface area contributed by atoms with Gasteiger partial charge in [0.05, 0.1) is 5.71 Å². The maximum absolute atomic E-state index is 11.2. The average molecular weight is 255 g/mol. The van der Waals surface area contributed by atoms with Crippen molar-refractivity contribution in [1.82, 2.24) is 4.90 Å². The van der Waals surface area contributed by atoms with Crippen LogP contribution in [0.1, 0.15) is 12.5 Å². The van der Waals surface area contributed by atoms with Gasteiger partial charge in [-0.25, -0.2) is 0 Å². The number of benzene rings is 1. The van der Waals surface area contributed by atoms with Crippen molar-refractivity contribution in [2.75, 3.05) is 20.7 Å². The van der Waals surface area contributed by atoms with Gasteiger partial charge >= 0.3 is 0 Å². The van der Waals surface area contributed by atoms with E-state index in [2.05, 4.69) is 5.16 Å². The normalized spacial score (nSPS) is 11.2. The number of rotatable bonds is 4. The molecular formula is C12H15ClN2O2. The summed E-state index contributed by atoms with van der Waals surface area (Å²) in [5.41, 5.74) is 1.61. The van der Waals surface area contributed by atoms with Crippen LogP contribution in [0.15, 0.2) is 29.4 Å². The predicted octanol–water partition coefficient (Wildman–Crippen LogP) is 2.17. The second-order valence-corrected chi connectivity index (χ2v) is 4.18. The third-order valence-electron chi connectivity index (χ3n) is 2.15. The van der Waals surface area contributed by atoms with E-state index in [0.29, 0.717) is 10.7 Å². The van der Waals surface area contributed by atoms with Crippen LogP contribution in [0.5, 0.6) is 0 Å². The molecule has 1 rings (SSSR count). The van der Waals surface area contributed by atoms with E-state index in [-0.39, 0.29) is 12.5 Å². The lowest BCUT2D eigenvalue weighted by Gasteiger charge is -2.08. The number of hydrogen-bond donors (Lipinski definition) is 0. The zero-order valence-electron chi connectivity index (χ0n) is 10.1. The largest absolute Gasteiger partial charge is 0.385 e. The molecule has 92 valence electrons. The van der Waals surface area contributed by atoms with Gasteiger partial charge in [-0.3, -0.25) is 4.79 Å². The molecule has 0 unspecified atom stereocenters. The maximum atomic E-state index is 11.2. The minimum Gasteiger partial charge on any atom is -0.385 e. The topological polar surface area (TPSA) is 41.9 Å². The standard InChI is InChI=1S/C12H15ClN2O2/c1-9(10-4-6-11(13)7-5-10)14-17-8-12(16)15(2)3/h4-7H,8H2,1-3H3. The van der Waals surface area contributed by atoms with Crippen LogP contribution in [-0.4, -0.2) is 37.2 Å². The molecule has 0 saturated carbocycles. The average Bonchev–Trinajstić information content (AvgIpc) is 2.29.